The average molecular weight is 347 g/mol. The molecule has 0 aliphatic rings. The number of carbonyl (C=O) groups is 1. The Morgan fingerprint density at radius 2 is 2.16 bits per heavy atom. The first kappa shape index (κ1) is 16.1. The topological polar surface area (TPSA) is 38.3 Å². The molecule has 0 aliphatic heterocycles. The van der Waals surface area contributed by atoms with Crippen LogP contribution in [0.1, 0.15) is 26.3 Å². The van der Waals surface area contributed by atoms with Gasteiger partial charge in [-0.3, -0.25) is 0 Å². The highest BCUT2D eigenvalue weighted by Gasteiger charge is 2.14. The molecule has 0 radical (unpaired) electrons. The van der Waals surface area contributed by atoms with Gasteiger partial charge in [-0.05, 0) is 44.5 Å². The number of ether oxygens (including phenoxy) is 1. The summed E-state index contributed by atoms with van der Waals surface area (Å²) in [5, 5.41) is 3.30. The zero-order valence-corrected chi connectivity index (χ0v) is 13.5. The molecule has 0 bridgehead atoms. The summed E-state index contributed by atoms with van der Waals surface area (Å²) < 4.78 is 6.07. The highest BCUT2D eigenvalue weighted by molar-refractivity contribution is 9.10. The number of halogens is 2. The molecule has 5 heteroatoms. The molecule has 1 rings (SSSR count). The second kappa shape index (κ2) is 6.96. The Kier molecular flexibility index (Phi) is 5.88. The van der Waals surface area contributed by atoms with Gasteiger partial charge in [-0.1, -0.05) is 39.7 Å². The Bertz CT molecular complexity index is 481. The number of carbonyl (C=O) groups excluding carboxylic acids is 1. The molecule has 0 fully saturated rings. The van der Waals surface area contributed by atoms with Crippen LogP contribution in [0.2, 0.25) is 5.02 Å². The lowest BCUT2D eigenvalue weighted by molar-refractivity contribution is 0.0534. The zero-order chi connectivity index (χ0) is 14.5. The fourth-order valence-electron chi connectivity index (χ4n) is 1.28. The van der Waals surface area contributed by atoms with E-state index in [-0.39, 0.29) is 0 Å². The molecule has 3 nitrogen and oxygen atoms in total. The summed E-state index contributed by atoms with van der Waals surface area (Å²) in [6.45, 7) is 5.86. The van der Waals surface area contributed by atoms with Crippen LogP contribution in [0.5, 0.6) is 0 Å². The molecule has 0 heterocycles. The number of hydrogen-bond donors (Lipinski definition) is 1. The van der Waals surface area contributed by atoms with Gasteiger partial charge < -0.3 is 10.1 Å². The van der Waals surface area contributed by atoms with Crippen LogP contribution in [0.3, 0.4) is 0 Å². The summed E-state index contributed by atoms with van der Waals surface area (Å²) in [6.07, 6.45) is 3.24. The van der Waals surface area contributed by atoms with Gasteiger partial charge in [0.25, 0.3) is 0 Å². The number of nitrogens with one attached hydrogen (secondary N) is 1. The van der Waals surface area contributed by atoms with Gasteiger partial charge in [0.2, 0.25) is 0 Å². The van der Waals surface area contributed by atoms with Crippen molar-refractivity contribution in [3.05, 3.63) is 39.3 Å². The SMILES string of the molecule is CC(C)(C)OC(=O)NCC=Cc1cc(Br)ccc1Cl. The molecule has 1 aromatic carbocycles. The maximum absolute atomic E-state index is 11.4. The van der Waals surface area contributed by atoms with E-state index in [1.807, 2.05) is 51.1 Å². The molecule has 1 N–H and O–H groups in total. The van der Waals surface area contributed by atoms with Crippen LogP contribution in [0.25, 0.3) is 6.08 Å². The molecule has 0 atom stereocenters. The van der Waals surface area contributed by atoms with Crippen molar-refractivity contribution in [2.75, 3.05) is 6.54 Å². The lowest BCUT2D eigenvalue weighted by Gasteiger charge is -2.19. The van der Waals surface area contributed by atoms with E-state index in [0.717, 1.165) is 10.0 Å². The molecule has 0 saturated carbocycles. The van der Waals surface area contributed by atoms with Gasteiger partial charge in [0.15, 0.2) is 0 Å². The Labute approximate surface area is 127 Å². The lowest BCUT2D eigenvalue weighted by atomic mass is 10.2. The van der Waals surface area contributed by atoms with E-state index >= 15 is 0 Å². The molecule has 0 saturated heterocycles. The summed E-state index contributed by atoms with van der Waals surface area (Å²) in [5.41, 5.74) is 0.406. The molecule has 0 aromatic heterocycles. The third-order valence-corrected chi connectivity index (χ3v) is 2.86. The zero-order valence-electron chi connectivity index (χ0n) is 11.2. The Balaban J connectivity index is 2.47. The molecule has 19 heavy (non-hydrogen) atoms. The standard InChI is InChI=1S/C14H17BrClNO2/c1-14(2,3)19-13(18)17-8-4-5-10-9-11(15)6-7-12(10)16/h4-7,9H,8H2,1-3H3,(H,17,18). The first-order chi connectivity index (χ1) is 8.78. The van der Waals surface area contributed by atoms with Crippen molar-refractivity contribution >= 4 is 39.7 Å². The predicted octanol–water partition coefficient (Wildman–Crippen LogP) is 4.64. The van der Waals surface area contributed by atoms with Crippen molar-refractivity contribution in [2.24, 2.45) is 0 Å². The maximum Gasteiger partial charge on any atom is 0.407 e. The van der Waals surface area contributed by atoms with E-state index in [1.165, 1.54) is 0 Å². The first-order valence-corrected chi connectivity index (χ1v) is 7.03. The minimum Gasteiger partial charge on any atom is -0.444 e. The summed E-state index contributed by atoms with van der Waals surface area (Å²) in [6, 6.07) is 5.59. The number of alkyl carbamates (subject to hydrolysis) is 1. The van der Waals surface area contributed by atoms with Crippen molar-refractivity contribution in [2.45, 2.75) is 26.4 Å². The predicted molar refractivity (Wildman–Crippen MR) is 82.4 cm³/mol. The number of hydrogen-bond acceptors (Lipinski definition) is 2. The van der Waals surface area contributed by atoms with Crippen molar-refractivity contribution in [3.63, 3.8) is 0 Å². The molecule has 0 aliphatic carbocycles. The molecule has 1 amide bonds. The lowest BCUT2D eigenvalue weighted by Crippen LogP contribution is -2.32. The summed E-state index contributed by atoms with van der Waals surface area (Å²) in [5.74, 6) is 0. The first-order valence-electron chi connectivity index (χ1n) is 5.86. The van der Waals surface area contributed by atoms with Crippen LogP contribution in [-0.4, -0.2) is 18.2 Å². The van der Waals surface area contributed by atoms with Gasteiger partial charge in [-0.25, -0.2) is 4.79 Å². The maximum atomic E-state index is 11.4. The molecule has 0 unspecified atom stereocenters. The number of benzene rings is 1. The van der Waals surface area contributed by atoms with Crippen molar-refractivity contribution in [1.82, 2.24) is 5.32 Å². The second-order valence-corrected chi connectivity index (χ2v) is 6.27. The van der Waals surface area contributed by atoms with Crippen LogP contribution >= 0.6 is 27.5 Å². The van der Waals surface area contributed by atoms with Crippen molar-refractivity contribution < 1.29 is 9.53 Å². The number of amides is 1. The quantitative estimate of drug-likeness (QED) is 0.866. The van der Waals surface area contributed by atoms with Crippen molar-refractivity contribution in [3.8, 4) is 0 Å². The highest BCUT2D eigenvalue weighted by Crippen LogP contribution is 2.21. The molecular weight excluding hydrogens is 330 g/mol. The minimum atomic E-state index is -0.485. The Hall–Kier alpha value is -1.000. The third-order valence-electron chi connectivity index (χ3n) is 2.02. The van der Waals surface area contributed by atoms with E-state index in [4.69, 9.17) is 16.3 Å². The van der Waals surface area contributed by atoms with Gasteiger partial charge in [-0.15, -0.1) is 0 Å². The van der Waals surface area contributed by atoms with Gasteiger partial charge in [0.05, 0.1) is 0 Å². The van der Waals surface area contributed by atoms with Crippen LogP contribution in [0.4, 0.5) is 4.79 Å². The summed E-state index contributed by atoms with van der Waals surface area (Å²) in [7, 11) is 0. The average Bonchev–Trinajstić information content (AvgIpc) is 2.26. The van der Waals surface area contributed by atoms with Crippen LogP contribution < -0.4 is 5.32 Å². The van der Waals surface area contributed by atoms with E-state index in [1.54, 1.807) is 0 Å². The van der Waals surface area contributed by atoms with Crippen LogP contribution in [0.15, 0.2) is 28.7 Å². The van der Waals surface area contributed by atoms with Crippen LogP contribution in [-0.2, 0) is 4.74 Å². The smallest absolute Gasteiger partial charge is 0.407 e. The van der Waals surface area contributed by atoms with E-state index < -0.39 is 11.7 Å². The second-order valence-electron chi connectivity index (χ2n) is 4.95. The fourth-order valence-corrected chi connectivity index (χ4v) is 1.84. The van der Waals surface area contributed by atoms with E-state index in [9.17, 15) is 4.79 Å². The highest BCUT2D eigenvalue weighted by atomic mass is 79.9. The third kappa shape index (κ3) is 6.64. The molecule has 104 valence electrons. The van der Waals surface area contributed by atoms with Gasteiger partial charge >= 0.3 is 6.09 Å². The molecule has 0 spiro atoms. The molecule has 1 aromatic rings. The van der Waals surface area contributed by atoms with Gasteiger partial charge in [0, 0.05) is 16.0 Å². The minimum absolute atomic E-state index is 0.387. The molecular formula is C14H17BrClNO2. The van der Waals surface area contributed by atoms with Crippen LogP contribution in [0, 0.1) is 0 Å². The summed E-state index contributed by atoms with van der Waals surface area (Å²) >= 11 is 9.42. The van der Waals surface area contributed by atoms with Crippen molar-refractivity contribution in [1.29, 1.82) is 0 Å². The van der Waals surface area contributed by atoms with E-state index in [2.05, 4.69) is 21.2 Å². The van der Waals surface area contributed by atoms with Gasteiger partial charge in [0.1, 0.15) is 5.60 Å². The largest absolute Gasteiger partial charge is 0.444 e. The Morgan fingerprint density at radius 3 is 2.79 bits per heavy atom. The normalized spacial score (nSPS) is 11.6. The Morgan fingerprint density at radius 1 is 1.47 bits per heavy atom. The van der Waals surface area contributed by atoms with E-state index in [0.29, 0.717) is 11.6 Å². The summed E-state index contributed by atoms with van der Waals surface area (Å²) in [4.78, 5) is 11.4. The number of rotatable bonds is 3. The monoisotopic (exact) mass is 345 g/mol. The van der Waals surface area contributed by atoms with Gasteiger partial charge in [-0.2, -0.15) is 0 Å². The fraction of sp³-hybridized carbons (Fsp3) is 0.357.